The van der Waals surface area contributed by atoms with E-state index in [4.69, 9.17) is 14.4 Å². The molecule has 0 amide bonds. The van der Waals surface area contributed by atoms with Crippen molar-refractivity contribution in [3.63, 3.8) is 0 Å². The maximum absolute atomic E-state index is 6.18. The van der Waals surface area contributed by atoms with Crippen LogP contribution in [0.5, 0.6) is 0 Å². The number of amidine groups is 2. The van der Waals surface area contributed by atoms with Gasteiger partial charge in [0.1, 0.15) is 23.2 Å². The number of nitrogens with zero attached hydrogens (tertiary/aromatic N) is 3. The van der Waals surface area contributed by atoms with E-state index in [-0.39, 0.29) is 6.17 Å². The predicted molar refractivity (Wildman–Crippen MR) is 110 cm³/mol. The Kier molecular flexibility index (Phi) is 3.57. The standard InChI is InChI=1S/C23H19N3O/c1-15-24-22(25-23(26(15)2)16-9-4-3-5-10-16)19-13-8-12-18-17-11-6-7-14-20(17)27-21(18)19/h3-15H,1-2H3. The fourth-order valence-electron chi connectivity index (χ4n) is 3.56. The number of benzene rings is 3. The second-order valence-electron chi connectivity index (χ2n) is 6.78. The molecule has 0 saturated carbocycles. The smallest absolute Gasteiger partial charge is 0.162 e. The molecule has 0 fully saturated rings. The van der Waals surface area contributed by atoms with Gasteiger partial charge in [0.15, 0.2) is 5.84 Å². The number of fused-ring (bicyclic) bond motifs is 3. The van der Waals surface area contributed by atoms with Gasteiger partial charge in [-0.2, -0.15) is 0 Å². The van der Waals surface area contributed by atoms with E-state index in [1.807, 2.05) is 55.6 Å². The summed E-state index contributed by atoms with van der Waals surface area (Å²) in [5.74, 6) is 1.63. The van der Waals surface area contributed by atoms with Gasteiger partial charge in [-0.15, -0.1) is 0 Å². The highest BCUT2D eigenvalue weighted by molar-refractivity contribution is 6.19. The molecule has 1 unspecified atom stereocenters. The van der Waals surface area contributed by atoms with Crippen molar-refractivity contribution >= 4 is 33.6 Å². The Morgan fingerprint density at radius 1 is 0.852 bits per heavy atom. The first kappa shape index (κ1) is 15.8. The molecule has 0 bridgehead atoms. The molecular weight excluding hydrogens is 334 g/mol. The summed E-state index contributed by atoms with van der Waals surface area (Å²) < 4.78 is 6.18. The van der Waals surface area contributed by atoms with E-state index < -0.39 is 0 Å². The Balaban J connectivity index is 1.72. The van der Waals surface area contributed by atoms with Crippen LogP contribution in [0.2, 0.25) is 0 Å². The first-order valence-corrected chi connectivity index (χ1v) is 9.08. The van der Waals surface area contributed by atoms with Crippen LogP contribution in [-0.2, 0) is 0 Å². The van der Waals surface area contributed by atoms with Crippen molar-refractivity contribution in [2.24, 2.45) is 9.98 Å². The van der Waals surface area contributed by atoms with Gasteiger partial charge in [-0.25, -0.2) is 9.98 Å². The van der Waals surface area contributed by atoms with Gasteiger partial charge in [0.05, 0.1) is 5.56 Å². The molecule has 27 heavy (non-hydrogen) atoms. The lowest BCUT2D eigenvalue weighted by molar-refractivity contribution is 0.398. The van der Waals surface area contributed by atoms with Crippen LogP contribution in [0.4, 0.5) is 0 Å². The average molecular weight is 353 g/mol. The molecule has 4 nitrogen and oxygen atoms in total. The maximum Gasteiger partial charge on any atom is 0.162 e. The molecular formula is C23H19N3O. The monoisotopic (exact) mass is 353 g/mol. The minimum absolute atomic E-state index is 0.00709. The first-order chi connectivity index (χ1) is 13.2. The van der Waals surface area contributed by atoms with Crippen LogP contribution in [0, 0.1) is 0 Å². The van der Waals surface area contributed by atoms with E-state index in [0.717, 1.165) is 38.9 Å². The van der Waals surface area contributed by atoms with E-state index in [9.17, 15) is 0 Å². The van der Waals surface area contributed by atoms with Crippen molar-refractivity contribution in [1.29, 1.82) is 0 Å². The van der Waals surface area contributed by atoms with Crippen LogP contribution < -0.4 is 0 Å². The predicted octanol–water partition coefficient (Wildman–Crippen LogP) is 5.07. The van der Waals surface area contributed by atoms with E-state index in [0.29, 0.717) is 5.84 Å². The second-order valence-corrected chi connectivity index (χ2v) is 6.78. The zero-order valence-electron chi connectivity index (χ0n) is 15.3. The molecule has 1 aromatic heterocycles. The van der Waals surface area contributed by atoms with Gasteiger partial charge >= 0.3 is 0 Å². The third kappa shape index (κ3) is 2.53. The molecule has 2 heterocycles. The van der Waals surface area contributed by atoms with Gasteiger partial charge in [-0.05, 0) is 19.1 Å². The summed E-state index contributed by atoms with van der Waals surface area (Å²) in [6.07, 6.45) is -0.00709. The van der Waals surface area contributed by atoms with E-state index in [2.05, 4.69) is 36.1 Å². The lowest BCUT2D eigenvalue weighted by Crippen LogP contribution is -2.38. The van der Waals surface area contributed by atoms with Gasteiger partial charge in [0, 0.05) is 23.4 Å². The van der Waals surface area contributed by atoms with E-state index in [1.54, 1.807) is 0 Å². The number of furan rings is 1. The van der Waals surface area contributed by atoms with Gasteiger partial charge in [-0.3, -0.25) is 0 Å². The summed E-state index contributed by atoms with van der Waals surface area (Å²) in [6, 6.07) is 24.5. The first-order valence-electron chi connectivity index (χ1n) is 9.08. The Morgan fingerprint density at radius 2 is 1.59 bits per heavy atom. The van der Waals surface area contributed by atoms with Crippen molar-refractivity contribution < 1.29 is 4.42 Å². The molecule has 0 spiro atoms. The molecule has 4 aromatic rings. The Labute approximate surface area is 157 Å². The molecule has 0 aliphatic carbocycles. The molecule has 3 aromatic carbocycles. The van der Waals surface area contributed by atoms with Crippen molar-refractivity contribution in [2.45, 2.75) is 13.1 Å². The molecule has 132 valence electrons. The van der Waals surface area contributed by atoms with E-state index in [1.165, 1.54) is 0 Å². The lowest BCUT2D eigenvalue weighted by Gasteiger charge is -2.29. The van der Waals surface area contributed by atoms with Gasteiger partial charge in [0.25, 0.3) is 0 Å². The Bertz CT molecular complexity index is 1200. The fourth-order valence-corrected chi connectivity index (χ4v) is 3.56. The summed E-state index contributed by atoms with van der Waals surface area (Å²) in [7, 11) is 2.03. The van der Waals surface area contributed by atoms with Crippen LogP contribution >= 0.6 is 0 Å². The van der Waals surface area contributed by atoms with Gasteiger partial charge in [0.2, 0.25) is 0 Å². The minimum Gasteiger partial charge on any atom is -0.455 e. The van der Waals surface area contributed by atoms with Crippen molar-refractivity contribution in [1.82, 2.24) is 4.90 Å². The summed E-state index contributed by atoms with van der Waals surface area (Å²) in [6.45, 7) is 2.08. The topological polar surface area (TPSA) is 41.1 Å². The molecule has 1 aliphatic rings. The number of para-hydroxylation sites is 2. The fraction of sp³-hybridized carbons (Fsp3) is 0.130. The van der Waals surface area contributed by atoms with Gasteiger partial charge < -0.3 is 9.32 Å². The number of aliphatic imine (C=N–C) groups is 2. The minimum atomic E-state index is -0.00709. The molecule has 5 rings (SSSR count). The molecule has 1 atom stereocenters. The summed E-state index contributed by atoms with van der Waals surface area (Å²) in [5, 5.41) is 2.21. The normalized spacial score (nSPS) is 17.3. The quantitative estimate of drug-likeness (QED) is 0.505. The number of hydrogen-bond acceptors (Lipinski definition) is 4. The molecule has 1 aliphatic heterocycles. The van der Waals surface area contributed by atoms with E-state index >= 15 is 0 Å². The Hall–Kier alpha value is -3.40. The van der Waals surface area contributed by atoms with Crippen LogP contribution in [0.3, 0.4) is 0 Å². The third-order valence-corrected chi connectivity index (χ3v) is 5.09. The molecule has 0 radical (unpaired) electrons. The zero-order valence-corrected chi connectivity index (χ0v) is 15.3. The highest BCUT2D eigenvalue weighted by Crippen LogP contribution is 2.32. The average Bonchev–Trinajstić information content (AvgIpc) is 3.09. The summed E-state index contributed by atoms with van der Waals surface area (Å²) in [4.78, 5) is 11.8. The molecule has 0 N–H and O–H groups in total. The number of rotatable bonds is 2. The van der Waals surface area contributed by atoms with Crippen molar-refractivity contribution in [3.05, 3.63) is 83.9 Å². The van der Waals surface area contributed by atoms with Crippen LogP contribution in [0.25, 0.3) is 21.9 Å². The summed E-state index contributed by atoms with van der Waals surface area (Å²) >= 11 is 0. The SMILES string of the molecule is CC1N=C(c2cccc3c2oc2ccccc23)N=C(c2ccccc2)N1C. The van der Waals surface area contributed by atoms with Crippen molar-refractivity contribution in [2.75, 3.05) is 7.05 Å². The van der Waals surface area contributed by atoms with Crippen LogP contribution in [-0.4, -0.2) is 29.8 Å². The molecule has 0 saturated heterocycles. The Morgan fingerprint density at radius 3 is 2.44 bits per heavy atom. The lowest BCUT2D eigenvalue weighted by atomic mass is 10.1. The number of hydrogen-bond donors (Lipinski definition) is 0. The second kappa shape index (κ2) is 6.09. The third-order valence-electron chi connectivity index (χ3n) is 5.09. The van der Waals surface area contributed by atoms with Crippen molar-refractivity contribution in [3.8, 4) is 0 Å². The highest BCUT2D eigenvalue weighted by atomic mass is 16.3. The zero-order chi connectivity index (χ0) is 18.4. The summed E-state index contributed by atoms with van der Waals surface area (Å²) in [5.41, 5.74) is 3.73. The van der Waals surface area contributed by atoms with Gasteiger partial charge in [-0.1, -0.05) is 60.7 Å². The van der Waals surface area contributed by atoms with Crippen LogP contribution in [0.1, 0.15) is 18.1 Å². The largest absolute Gasteiger partial charge is 0.455 e. The molecule has 4 heteroatoms. The van der Waals surface area contributed by atoms with Crippen LogP contribution in [0.15, 0.2) is 87.2 Å². The maximum atomic E-state index is 6.18. The highest BCUT2D eigenvalue weighted by Gasteiger charge is 2.24.